The standard InChI is InChI=1S/C17H23BrO2/c1-2-3-12-6-8-17(9-7-12)11-15(19)14-10-13(18)4-5-16(14)20-17/h4-5,10,12,15,19H,2-3,6-9,11H2,1H3/t12?,15-,17?/m0/s1. The van der Waals surface area contributed by atoms with Crippen LogP contribution in [0.25, 0.3) is 0 Å². The van der Waals surface area contributed by atoms with E-state index in [9.17, 15) is 5.11 Å². The average Bonchev–Trinajstić information content (AvgIpc) is 2.43. The van der Waals surface area contributed by atoms with Crippen LogP contribution in [0.2, 0.25) is 0 Å². The molecule has 1 aliphatic carbocycles. The van der Waals surface area contributed by atoms with Gasteiger partial charge in [0.25, 0.3) is 0 Å². The predicted molar refractivity (Wildman–Crippen MR) is 83.9 cm³/mol. The molecule has 0 amide bonds. The molecule has 0 aromatic heterocycles. The Bertz CT molecular complexity index is 478. The van der Waals surface area contributed by atoms with Crippen molar-refractivity contribution in [1.29, 1.82) is 0 Å². The van der Waals surface area contributed by atoms with Crippen molar-refractivity contribution in [1.82, 2.24) is 0 Å². The van der Waals surface area contributed by atoms with Gasteiger partial charge in [-0.25, -0.2) is 0 Å². The lowest BCUT2D eigenvalue weighted by atomic mass is 9.73. The topological polar surface area (TPSA) is 29.5 Å². The first-order valence-corrected chi connectivity index (χ1v) is 8.58. The monoisotopic (exact) mass is 338 g/mol. The minimum Gasteiger partial charge on any atom is -0.487 e. The molecule has 1 aliphatic heterocycles. The van der Waals surface area contributed by atoms with Gasteiger partial charge in [0.1, 0.15) is 11.4 Å². The van der Waals surface area contributed by atoms with Gasteiger partial charge < -0.3 is 9.84 Å². The Kier molecular flexibility index (Phi) is 4.09. The van der Waals surface area contributed by atoms with E-state index in [-0.39, 0.29) is 11.7 Å². The van der Waals surface area contributed by atoms with Gasteiger partial charge in [-0.1, -0.05) is 35.7 Å². The molecule has 20 heavy (non-hydrogen) atoms. The van der Waals surface area contributed by atoms with Crippen LogP contribution in [0.5, 0.6) is 5.75 Å². The van der Waals surface area contributed by atoms with Crippen LogP contribution in [-0.4, -0.2) is 10.7 Å². The molecule has 1 saturated carbocycles. The van der Waals surface area contributed by atoms with Crippen LogP contribution in [0.1, 0.15) is 63.5 Å². The van der Waals surface area contributed by atoms with Crippen molar-refractivity contribution >= 4 is 15.9 Å². The molecule has 3 heteroatoms. The van der Waals surface area contributed by atoms with E-state index in [0.717, 1.165) is 41.0 Å². The van der Waals surface area contributed by atoms with E-state index in [0.29, 0.717) is 0 Å². The van der Waals surface area contributed by atoms with Gasteiger partial charge in [0, 0.05) is 16.5 Å². The van der Waals surface area contributed by atoms with Crippen molar-refractivity contribution in [3.05, 3.63) is 28.2 Å². The van der Waals surface area contributed by atoms with Gasteiger partial charge in [-0.3, -0.25) is 0 Å². The number of hydrogen-bond donors (Lipinski definition) is 1. The van der Waals surface area contributed by atoms with Crippen molar-refractivity contribution in [2.45, 2.75) is 63.6 Å². The molecule has 110 valence electrons. The molecule has 2 aliphatic rings. The molecule has 3 rings (SSSR count). The highest BCUT2D eigenvalue weighted by Gasteiger charge is 2.42. The normalized spacial score (nSPS) is 32.8. The molecule has 1 atom stereocenters. The SMILES string of the molecule is CCCC1CCC2(CC1)C[C@H](O)c1cc(Br)ccc1O2. The highest BCUT2D eigenvalue weighted by Crippen LogP contribution is 2.48. The number of hydrogen-bond acceptors (Lipinski definition) is 2. The van der Waals surface area contributed by atoms with Crippen molar-refractivity contribution in [3.8, 4) is 5.75 Å². The van der Waals surface area contributed by atoms with Crippen LogP contribution in [0, 0.1) is 5.92 Å². The van der Waals surface area contributed by atoms with Gasteiger partial charge in [0.05, 0.1) is 6.10 Å². The van der Waals surface area contributed by atoms with Crippen LogP contribution >= 0.6 is 15.9 Å². The molecule has 1 spiro atoms. The van der Waals surface area contributed by atoms with E-state index in [1.54, 1.807) is 0 Å². The van der Waals surface area contributed by atoms with E-state index < -0.39 is 0 Å². The second-order valence-corrected chi connectivity index (χ2v) is 7.33. The van der Waals surface area contributed by atoms with E-state index in [1.165, 1.54) is 25.7 Å². The summed E-state index contributed by atoms with van der Waals surface area (Å²) < 4.78 is 7.33. The minimum absolute atomic E-state index is 0.121. The summed E-state index contributed by atoms with van der Waals surface area (Å²) in [6, 6.07) is 5.96. The molecular formula is C17H23BrO2. The summed E-state index contributed by atoms with van der Waals surface area (Å²) in [5.74, 6) is 1.73. The number of ether oxygens (including phenoxy) is 1. The van der Waals surface area contributed by atoms with Crippen LogP contribution in [0.15, 0.2) is 22.7 Å². The number of halogens is 1. The average molecular weight is 339 g/mol. The van der Waals surface area contributed by atoms with Crippen LogP contribution in [0.4, 0.5) is 0 Å². The lowest BCUT2D eigenvalue weighted by Gasteiger charge is -2.45. The molecule has 1 aromatic carbocycles. The van der Waals surface area contributed by atoms with Gasteiger partial charge in [-0.15, -0.1) is 0 Å². The number of benzene rings is 1. The van der Waals surface area contributed by atoms with E-state index in [4.69, 9.17) is 4.74 Å². The van der Waals surface area contributed by atoms with Crippen molar-refractivity contribution < 1.29 is 9.84 Å². The van der Waals surface area contributed by atoms with Crippen LogP contribution < -0.4 is 4.74 Å². The Labute approximate surface area is 129 Å². The minimum atomic E-state index is -0.390. The largest absolute Gasteiger partial charge is 0.487 e. The molecular weight excluding hydrogens is 316 g/mol. The van der Waals surface area contributed by atoms with Gasteiger partial charge in [-0.2, -0.15) is 0 Å². The van der Waals surface area contributed by atoms with Gasteiger partial charge in [0.2, 0.25) is 0 Å². The Morgan fingerprint density at radius 3 is 2.80 bits per heavy atom. The summed E-state index contributed by atoms with van der Waals surface area (Å²) in [5, 5.41) is 10.5. The first-order chi connectivity index (χ1) is 9.62. The summed E-state index contributed by atoms with van der Waals surface area (Å²) in [4.78, 5) is 0. The quantitative estimate of drug-likeness (QED) is 0.822. The summed E-state index contributed by atoms with van der Waals surface area (Å²) in [5.41, 5.74) is 0.811. The molecule has 1 aromatic rings. The predicted octanol–water partition coefficient (Wildman–Crippen LogP) is 4.99. The zero-order valence-corrected chi connectivity index (χ0v) is 13.7. The molecule has 0 bridgehead atoms. The highest BCUT2D eigenvalue weighted by molar-refractivity contribution is 9.10. The number of aliphatic hydroxyl groups is 1. The molecule has 1 fully saturated rings. The highest BCUT2D eigenvalue weighted by atomic mass is 79.9. The molecule has 0 unspecified atom stereocenters. The molecule has 2 nitrogen and oxygen atoms in total. The Balaban J connectivity index is 1.76. The first-order valence-electron chi connectivity index (χ1n) is 7.78. The molecule has 0 radical (unpaired) electrons. The third kappa shape index (κ3) is 2.75. The fraction of sp³-hybridized carbons (Fsp3) is 0.647. The summed E-state index contributed by atoms with van der Waals surface area (Å²) in [7, 11) is 0. The lowest BCUT2D eigenvalue weighted by molar-refractivity contribution is -0.0474. The zero-order valence-electron chi connectivity index (χ0n) is 12.1. The maximum Gasteiger partial charge on any atom is 0.126 e. The zero-order chi connectivity index (χ0) is 14.2. The van der Waals surface area contributed by atoms with Crippen molar-refractivity contribution in [2.24, 2.45) is 5.92 Å². The maximum atomic E-state index is 10.5. The van der Waals surface area contributed by atoms with Crippen LogP contribution in [-0.2, 0) is 0 Å². The fourth-order valence-electron chi connectivity index (χ4n) is 3.82. The van der Waals surface area contributed by atoms with Gasteiger partial charge >= 0.3 is 0 Å². The second-order valence-electron chi connectivity index (χ2n) is 6.42. The number of aliphatic hydroxyl groups excluding tert-OH is 1. The fourth-order valence-corrected chi connectivity index (χ4v) is 4.20. The third-order valence-corrected chi connectivity index (χ3v) is 5.43. The summed E-state index contributed by atoms with van der Waals surface area (Å²) in [6.07, 6.45) is 7.63. The Hall–Kier alpha value is -0.540. The van der Waals surface area contributed by atoms with E-state index >= 15 is 0 Å². The van der Waals surface area contributed by atoms with Crippen molar-refractivity contribution in [3.63, 3.8) is 0 Å². The first kappa shape index (κ1) is 14.4. The smallest absolute Gasteiger partial charge is 0.126 e. The summed E-state index contributed by atoms with van der Waals surface area (Å²) in [6.45, 7) is 2.26. The Morgan fingerprint density at radius 1 is 1.35 bits per heavy atom. The Morgan fingerprint density at radius 2 is 2.10 bits per heavy atom. The maximum absolute atomic E-state index is 10.5. The molecule has 0 saturated heterocycles. The lowest BCUT2D eigenvalue weighted by Crippen LogP contribution is -2.44. The van der Waals surface area contributed by atoms with Crippen LogP contribution in [0.3, 0.4) is 0 Å². The second kappa shape index (κ2) is 5.69. The molecule has 1 heterocycles. The van der Waals surface area contributed by atoms with E-state index in [1.807, 2.05) is 18.2 Å². The van der Waals surface area contributed by atoms with Crippen molar-refractivity contribution in [2.75, 3.05) is 0 Å². The number of rotatable bonds is 2. The molecule has 1 N–H and O–H groups in total. The summed E-state index contributed by atoms with van der Waals surface area (Å²) >= 11 is 3.46. The van der Waals surface area contributed by atoms with Gasteiger partial charge in [0.15, 0.2) is 0 Å². The number of fused-ring (bicyclic) bond motifs is 1. The van der Waals surface area contributed by atoms with E-state index in [2.05, 4.69) is 22.9 Å². The third-order valence-electron chi connectivity index (χ3n) is 4.94. The van der Waals surface area contributed by atoms with Gasteiger partial charge in [-0.05, 0) is 49.8 Å².